The average Bonchev–Trinajstić information content (AvgIpc) is 2.57. The van der Waals surface area contributed by atoms with Gasteiger partial charge in [0.1, 0.15) is 0 Å². The van der Waals surface area contributed by atoms with E-state index in [0.29, 0.717) is 6.04 Å². The smallest absolute Gasteiger partial charge is 0.207 e. The largest absolute Gasteiger partial charge is 0.339 e. The van der Waals surface area contributed by atoms with Crippen LogP contribution in [0.15, 0.2) is 29.4 Å². The van der Waals surface area contributed by atoms with Crippen LogP contribution in [0.2, 0.25) is 0 Å². The van der Waals surface area contributed by atoms with Crippen LogP contribution in [-0.2, 0) is 0 Å². The molecule has 0 spiro atoms. The molecule has 1 N–H and O–H groups in total. The Labute approximate surface area is 132 Å². The van der Waals surface area contributed by atoms with Crippen LogP contribution in [0.3, 0.4) is 0 Å². The molecule has 0 unspecified atom stereocenters. The summed E-state index contributed by atoms with van der Waals surface area (Å²) < 4.78 is 0. The number of hydrogen-bond acceptors (Lipinski definition) is 5. The highest BCUT2D eigenvalue weighted by Gasteiger charge is 2.29. The number of nitrogens with zero attached hydrogens (tertiary/aromatic N) is 4. The Balaban J connectivity index is 1.97. The number of pyridine rings is 1. The Kier molecular flexibility index (Phi) is 4.43. The van der Waals surface area contributed by atoms with Crippen molar-refractivity contribution in [2.24, 2.45) is 4.99 Å². The van der Waals surface area contributed by atoms with Crippen molar-refractivity contribution in [3.63, 3.8) is 0 Å². The van der Waals surface area contributed by atoms with Crippen molar-refractivity contribution >= 4 is 17.5 Å². The van der Waals surface area contributed by atoms with Crippen LogP contribution in [0, 0.1) is 0 Å². The molecule has 1 aromatic heterocycles. The van der Waals surface area contributed by atoms with Crippen molar-refractivity contribution in [3.05, 3.63) is 30.0 Å². The predicted octanol–water partition coefficient (Wildman–Crippen LogP) is 2.45. The van der Waals surface area contributed by atoms with Crippen LogP contribution in [0.4, 0.5) is 5.82 Å². The number of piperazine rings is 1. The van der Waals surface area contributed by atoms with Crippen molar-refractivity contribution in [2.75, 3.05) is 26.7 Å². The number of rotatable bonds is 2. The van der Waals surface area contributed by atoms with E-state index in [1.165, 1.54) is 5.70 Å². The normalized spacial score (nSPS) is 23.5. The quantitative estimate of drug-likeness (QED) is 0.911. The minimum atomic E-state index is 0.536. The van der Waals surface area contributed by atoms with Crippen LogP contribution in [0.5, 0.6) is 0 Å². The van der Waals surface area contributed by atoms with Gasteiger partial charge >= 0.3 is 0 Å². The van der Waals surface area contributed by atoms with Gasteiger partial charge in [-0.15, -0.1) is 0 Å². The number of nitrogens with one attached hydrogen (secondary N) is 1. The van der Waals surface area contributed by atoms with Crippen LogP contribution >= 0.6 is 0 Å². The summed E-state index contributed by atoms with van der Waals surface area (Å²) in [5.41, 5.74) is 2.33. The summed E-state index contributed by atoms with van der Waals surface area (Å²) in [4.78, 5) is 13.9. The van der Waals surface area contributed by atoms with Crippen LogP contribution < -0.4 is 5.32 Å². The maximum atomic E-state index is 4.84. The fourth-order valence-corrected chi connectivity index (χ4v) is 3.15. The summed E-state index contributed by atoms with van der Waals surface area (Å²) in [5, 5.41) is 3.56. The molecule has 0 bridgehead atoms. The summed E-state index contributed by atoms with van der Waals surface area (Å²) in [7, 11) is 2.11. The maximum Gasteiger partial charge on any atom is 0.207 e. The second-order valence-corrected chi connectivity index (χ2v) is 5.85. The Morgan fingerprint density at radius 1 is 1.41 bits per heavy atom. The first-order valence-electron chi connectivity index (χ1n) is 8.20. The van der Waals surface area contributed by atoms with E-state index in [2.05, 4.69) is 53.1 Å². The minimum Gasteiger partial charge on any atom is -0.339 e. The Morgan fingerprint density at radius 3 is 3.05 bits per heavy atom. The van der Waals surface area contributed by atoms with E-state index in [9.17, 15) is 0 Å². The van der Waals surface area contributed by atoms with Crippen molar-refractivity contribution in [1.82, 2.24) is 20.1 Å². The van der Waals surface area contributed by atoms with E-state index in [-0.39, 0.29) is 0 Å². The van der Waals surface area contributed by atoms with Gasteiger partial charge in [-0.2, -0.15) is 4.99 Å². The molecule has 1 atom stereocenters. The fourth-order valence-electron chi connectivity index (χ4n) is 3.15. The molecule has 5 nitrogen and oxygen atoms in total. The van der Waals surface area contributed by atoms with Crippen molar-refractivity contribution in [1.29, 1.82) is 0 Å². The molecule has 0 radical (unpaired) electrons. The molecular weight excluding hydrogens is 274 g/mol. The second kappa shape index (κ2) is 6.48. The Hall–Kier alpha value is -1.88. The highest BCUT2D eigenvalue weighted by atomic mass is 15.4. The third kappa shape index (κ3) is 2.73. The highest BCUT2D eigenvalue weighted by Crippen LogP contribution is 2.32. The third-order valence-corrected chi connectivity index (χ3v) is 4.36. The monoisotopic (exact) mass is 299 g/mol. The van der Waals surface area contributed by atoms with Gasteiger partial charge in [-0.1, -0.05) is 19.9 Å². The van der Waals surface area contributed by atoms with Crippen LogP contribution in [-0.4, -0.2) is 53.5 Å². The lowest BCUT2D eigenvalue weighted by atomic mass is 10.1. The SMILES string of the molecule is CCC=C1c2cccnc2N=C(N2CCN[C@@H](CC)C2)N1C. The van der Waals surface area contributed by atoms with Gasteiger partial charge in [0.25, 0.3) is 0 Å². The molecule has 1 saturated heterocycles. The van der Waals surface area contributed by atoms with Gasteiger partial charge in [0.05, 0.1) is 5.70 Å². The lowest BCUT2D eigenvalue weighted by molar-refractivity contribution is 0.269. The van der Waals surface area contributed by atoms with Crippen molar-refractivity contribution in [2.45, 2.75) is 32.7 Å². The number of hydrogen-bond donors (Lipinski definition) is 1. The fraction of sp³-hybridized carbons (Fsp3) is 0.529. The van der Waals surface area contributed by atoms with Gasteiger partial charge in [-0.3, -0.25) is 0 Å². The average molecular weight is 299 g/mol. The molecular formula is C17H25N5. The van der Waals surface area contributed by atoms with E-state index in [4.69, 9.17) is 4.99 Å². The third-order valence-electron chi connectivity index (χ3n) is 4.36. The number of fused-ring (bicyclic) bond motifs is 1. The predicted molar refractivity (Wildman–Crippen MR) is 91.0 cm³/mol. The molecule has 22 heavy (non-hydrogen) atoms. The first-order valence-corrected chi connectivity index (χ1v) is 8.20. The number of guanidine groups is 1. The zero-order chi connectivity index (χ0) is 15.5. The van der Waals surface area contributed by atoms with Gasteiger partial charge in [-0.25, -0.2) is 4.98 Å². The molecule has 0 amide bonds. The number of aromatic nitrogens is 1. The summed E-state index contributed by atoms with van der Waals surface area (Å²) >= 11 is 0. The van der Waals surface area contributed by atoms with E-state index < -0.39 is 0 Å². The van der Waals surface area contributed by atoms with E-state index in [1.54, 1.807) is 0 Å². The minimum absolute atomic E-state index is 0.536. The standard InChI is InChI=1S/C17H25N5/c1-4-7-15-14-8-6-9-19-16(14)20-17(21(15)3)22-11-10-18-13(5-2)12-22/h6-9,13,18H,4-5,10-12H2,1-3H3/t13-/m0/s1. The molecule has 3 rings (SSSR count). The molecule has 0 saturated carbocycles. The lowest BCUT2D eigenvalue weighted by Gasteiger charge is -2.40. The first kappa shape index (κ1) is 15.0. The van der Waals surface area contributed by atoms with Gasteiger partial charge in [0.15, 0.2) is 5.82 Å². The first-order chi connectivity index (χ1) is 10.7. The summed E-state index contributed by atoms with van der Waals surface area (Å²) in [6.45, 7) is 7.39. The molecule has 1 fully saturated rings. The van der Waals surface area contributed by atoms with E-state index in [1.807, 2.05) is 12.3 Å². The Bertz CT molecular complexity index is 592. The highest BCUT2D eigenvalue weighted by molar-refractivity contribution is 5.96. The topological polar surface area (TPSA) is 43.8 Å². The molecule has 2 aliphatic heterocycles. The van der Waals surface area contributed by atoms with Gasteiger partial charge < -0.3 is 15.1 Å². The lowest BCUT2D eigenvalue weighted by Crippen LogP contribution is -2.55. The summed E-state index contributed by atoms with van der Waals surface area (Å²) in [5.74, 6) is 1.85. The number of allylic oxidation sites excluding steroid dienone is 1. The molecule has 3 heterocycles. The summed E-state index contributed by atoms with van der Waals surface area (Å²) in [6.07, 6.45) is 6.22. The zero-order valence-electron chi connectivity index (χ0n) is 13.7. The molecule has 0 aliphatic carbocycles. The van der Waals surface area contributed by atoms with E-state index >= 15 is 0 Å². The van der Waals surface area contributed by atoms with Crippen LogP contribution in [0.1, 0.15) is 32.3 Å². The molecule has 2 aliphatic rings. The van der Waals surface area contributed by atoms with Crippen molar-refractivity contribution in [3.8, 4) is 0 Å². The molecule has 5 heteroatoms. The van der Waals surface area contributed by atoms with Crippen LogP contribution in [0.25, 0.3) is 5.70 Å². The summed E-state index contributed by atoms with van der Waals surface area (Å²) in [6, 6.07) is 4.62. The zero-order valence-corrected chi connectivity index (χ0v) is 13.7. The van der Waals surface area contributed by atoms with Gasteiger partial charge in [-0.05, 0) is 25.0 Å². The molecule has 1 aromatic rings. The van der Waals surface area contributed by atoms with Crippen molar-refractivity contribution < 1.29 is 0 Å². The van der Waals surface area contributed by atoms with Gasteiger partial charge in [0.2, 0.25) is 5.96 Å². The second-order valence-electron chi connectivity index (χ2n) is 5.85. The maximum absolute atomic E-state index is 4.84. The van der Waals surface area contributed by atoms with Gasteiger partial charge in [0, 0.05) is 44.5 Å². The molecule has 0 aromatic carbocycles. The Morgan fingerprint density at radius 2 is 2.27 bits per heavy atom. The number of aliphatic imine (C=N–C) groups is 1. The van der Waals surface area contributed by atoms with E-state index in [0.717, 1.165) is 49.8 Å². The molecule has 118 valence electrons.